The molecule has 1 amide bonds. The second-order valence-electron chi connectivity index (χ2n) is 3.34. The lowest BCUT2D eigenvalue weighted by atomic mass is 10.3. The number of carbonyl (C=O) groups excluding carboxylic acids is 1. The average Bonchev–Trinajstić information content (AvgIpc) is 2.78. The molecular formula is C10H14N2O5. The maximum atomic E-state index is 11.5. The quantitative estimate of drug-likeness (QED) is 0.676. The minimum Gasteiger partial charge on any atom is -0.475 e. The van der Waals surface area contributed by atoms with Crippen LogP contribution in [0, 0.1) is 0 Å². The summed E-state index contributed by atoms with van der Waals surface area (Å²) in [5.41, 5.74) is -0.0332. The van der Waals surface area contributed by atoms with Gasteiger partial charge in [-0.15, -0.1) is 0 Å². The Labute approximate surface area is 97.7 Å². The van der Waals surface area contributed by atoms with Gasteiger partial charge in [0.15, 0.2) is 5.69 Å². The molecule has 1 heterocycles. The first-order valence-electron chi connectivity index (χ1n) is 5.12. The fourth-order valence-corrected chi connectivity index (χ4v) is 1.15. The molecule has 0 aliphatic carbocycles. The van der Waals surface area contributed by atoms with Crippen LogP contribution in [0.3, 0.4) is 0 Å². The van der Waals surface area contributed by atoms with Crippen LogP contribution >= 0.6 is 0 Å². The van der Waals surface area contributed by atoms with E-state index in [0.29, 0.717) is 13.2 Å². The van der Waals surface area contributed by atoms with E-state index in [1.54, 1.807) is 7.11 Å². The molecule has 1 aromatic rings. The van der Waals surface area contributed by atoms with Gasteiger partial charge < -0.3 is 19.7 Å². The molecule has 0 spiro atoms. The van der Waals surface area contributed by atoms with Crippen LogP contribution in [0.1, 0.15) is 33.9 Å². The highest BCUT2D eigenvalue weighted by molar-refractivity contribution is 5.94. The molecule has 1 aromatic heterocycles. The van der Waals surface area contributed by atoms with Gasteiger partial charge in [-0.25, -0.2) is 4.79 Å². The summed E-state index contributed by atoms with van der Waals surface area (Å²) >= 11 is 0. The lowest BCUT2D eigenvalue weighted by molar-refractivity contribution is 0.0651. The highest BCUT2D eigenvalue weighted by atomic mass is 16.5. The molecule has 7 heteroatoms. The lowest BCUT2D eigenvalue weighted by Crippen LogP contribution is -2.24. The minimum absolute atomic E-state index is 0.0332. The van der Waals surface area contributed by atoms with Gasteiger partial charge >= 0.3 is 5.97 Å². The van der Waals surface area contributed by atoms with E-state index in [1.807, 2.05) is 0 Å². The molecule has 7 nitrogen and oxygen atoms in total. The Balaban J connectivity index is 2.34. The molecule has 0 saturated heterocycles. The largest absolute Gasteiger partial charge is 0.475 e. The number of carboxylic acids is 1. The number of nitrogens with one attached hydrogen (secondary N) is 1. The van der Waals surface area contributed by atoms with Crippen molar-refractivity contribution in [3.8, 4) is 0 Å². The fraction of sp³-hybridized carbons (Fsp3) is 0.500. The average molecular weight is 242 g/mol. The van der Waals surface area contributed by atoms with Gasteiger partial charge in [-0.1, -0.05) is 5.16 Å². The van der Waals surface area contributed by atoms with Crippen molar-refractivity contribution in [3.05, 3.63) is 17.5 Å². The summed E-state index contributed by atoms with van der Waals surface area (Å²) in [6, 6.07) is 1.09. The number of hydrogen-bond donors (Lipinski definition) is 2. The number of amides is 1. The summed E-state index contributed by atoms with van der Waals surface area (Å²) < 4.78 is 9.32. The molecule has 0 aliphatic heterocycles. The lowest BCUT2D eigenvalue weighted by Gasteiger charge is -2.01. The van der Waals surface area contributed by atoms with Crippen LogP contribution in [0.2, 0.25) is 0 Å². The summed E-state index contributed by atoms with van der Waals surface area (Å²) in [5.74, 6) is -2.05. The van der Waals surface area contributed by atoms with Crippen molar-refractivity contribution in [1.82, 2.24) is 10.5 Å². The first-order chi connectivity index (χ1) is 8.15. The molecular weight excluding hydrogens is 228 g/mol. The van der Waals surface area contributed by atoms with Crippen LogP contribution in [-0.2, 0) is 4.74 Å². The van der Waals surface area contributed by atoms with Crippen molar-refractivity contribution in [1.29, 1.82) is 0 Å². The first-order valence-corrected chi connectivity index (χ1v) is 5.12. The molecule has 0 aromatic carbocycles. The number of nitrogens with zero attached hydrogens (tertiary/aromatic N) is 1. The number of hydrogen-bond acceptors (Lipinski definition) is 5. The van der Waals surface area contributed by atoms with E-state index in [1.165, 1.54) is 0 Å². The Morgan fingerprint density at radius 3 is 2.88 bits per heavy atom. The summed E-state index contributed by atoms with van der Waals surface area (Å²) in [4.78, 5) is 21.9. The van der Waals surface area contributed by atoms with Gasteiger partial charge in [0.1, 0.15) is 0 Å². The van der Waals surface area contributed by atoms with E-state index in [2.05, 4.69) is 15.0 Å². The second kappa shape index (κ2) is 6.64. The van der Waals surface area contributed by atoms with Crippen molar-refractivity contribution in [2.24, 2.45) is 0 Å². The zero-order valence-electron chi connectivity index (χ0n) is 9.43. The van der Waals surface area contributed by atoms with E-state index < -0.39 is 11.9 Å². The Morgan fingerprint density at radius 1 is 1.53 bits per heavy atom. The Kier molecular flexibility index (Phi) is 5.15. The number of aromatic carboxylic acids is 1. The second-order valence-corrected chi connectivity index (χ2v) is 3.34. The smallest absolute Gasteiger partial charge is 0.374 e. The van der Waals surface area contributed by atoms with Gasteiger partial charge in [0.05, 0.1) is 0 Å². The van der Waals surface area contributed by atoms with Crippen molar-refractivity contribution < 1.29 is 24.0 Å². The molecule has 0 atom stereocenters. The highest BCUT2D eigenvalue weighted by Gasteiger charge is 2.15. The van der Waals surface area contributed by atoms with Crippen molar-refractivity contribution in [2.75, 3.05) is 20.3 Å². The topological polar surface area (TPSA) is 102 Å². The molecule has 0 saturated carbocycles. The third-order valence-corrected chi connectivity index (χ3v) is 2.01. The van der Waals surface area contributed by atoms with Crippen molar-refractivity contribution in [2.45, 2.75) is 12.8 Å². The summed E-state index contributed by atoms with van der Waals surface area (Å²) in [6.45, 7) is 1.13. The Bertz CT molecular complexity index is 388. The maximum Gasteiger partial charge on any atom is 0.374 e. The van der Waals surface area contributed by atoms with E-state index in [-0.39, 0.29) is 11.5 Å². The van der Waals surface area contributed by atoms with E-state index in [4.69, 9.17) is 9.84 Å². The van der Waals surface area contributed by atoms with Crippen LogP contribution in [0.15, 0.2) is 10.6 Å². The molecule has 17 heavy (non-hydrogen) atoms. The fourth-order valence-electron chi connectivity index (χ4n) is 1.15. The molecule has 0 aliphatic rings. The van der Waals surface area contributed by atoms with Crippen LogP contribution in [-0.4, -0.2) is 42.4 Å². The molecule has 0 bridgehead atoms. The zero-order valence-corrected chi connectivity index (χ0v) is 9.43. The summed E-state index contributed by atoms with van der Waals surface area (Å²) in [7, 11) is 1.61. The zero-order chi connectivity index (χ0) is 12.7. The number of methoxy groups -OCH3 is 1. The van der Waals surface area contributed by atoms with Gasteiger partial charge in [-0.3, -0.25) is 4.79 Å². The monoisotopic (exact) mass is 242 g/mol. The number of unbranched alkanes of at least 4 members (excludes halogenated alkanes) is 1. The Hall–Kier alpha value is -1.89. The van der Waals surface area contributed by atoms with E-state index >= 15 is 0 Å². The molecule has 2 N–H and O–H groups in total. The third-order valence-electron chi connectivity index (χ3n) is 2.01. The molecule has 94 valence electrons. The minimum atomic E-state index is -1.25. The summed E-state index contributed by atoms with van der Waals surface area (Å²) in [6.07, 6.45) is 1.62. The molecule has 1 rings (SSSR count). The highest BCUT2D eigenvalue weighted by Crippen LogP contribution is 2.03. The normalized spacial score (nSPS) is 10.2. The number of aromatic nitrogens is 1. The number of rotatable bonds is 7. The van der Waals surface area contributed by atoms with E-state index in [9.17, 15) is 9.59 Å². The van der Waals surface area contributed by atoms with Gasteiger partial charge in [-0.2, -0.15) is 0 Å². The predicted molar refractivity (Wildman–Crippen MR) is 56.9 cm³/mol. The Morgan fingerprint density at radius 2 is 2.29 bits per heavy atom. The van der Waals surface area contributed by atoms with Gasteiger partial charge in [0.25, 0.3) is 5.91 Å². The van der Waals surface area contributed by atoms with Crippen molar-refractivity contribution in [3.63, 3.8) is 0 Å². The van der Waals surface area contributed by atoms with Crippen LogP contribution < -0.4 is 5.32 Å². The molecule has 0 radical (unpaired) electrons. The van der Waals surface area contributed by atoms with Gasteiger partial charge in [-0.05, 0) is 12.8 Å². The van der Waals surface area contributed by atoms with Gasteiger partial charge in [0.2, 0.25) is 5.76 Å². The number of carboxylic acid groups (broad SMARTS) is 1. The van der Waals surface area contributed by atoms with Crippen LogP contribution in [0.5, 0.6) is 0 Å². The SMILES string of the molecule is COCCCCNC(=O)c1cc(C(=O)O)on1. The third kappa shape index (κ3) is 4.23. The maximum absolute atomic E-state index is 11.5. The standard InChI is InChI=1S/C10H14N2O5/c1-16-5-3-2-4-11-9(13)7-6-8(10(14)15)17-12-7/h6H,2-5H2,1H3,(H,11,13)(H,14,15). The van der Waals surface area contributed by atoms with Crippen LogP contribution in [0.4, 0.5) is 0 Å². The molecule has 0 unspecified atom stereocenters. The van der Waals surface area contributed by atoms with Crippen LogP contribution in [0.25, 0.3) is 0 Å². The number of carbonyl (C=O) groups is 2. The predicted octanol–water partition coefficient (Wildman–Crippen LogP) is 0.529. The first kappa shape index (κ1) is 13.2. The summed E-state index contributed by atoms with van der Waals surface area (Å²) in [5, 5.41) is 14.5. The number of ether oxygens (including phenoxy) is 1. The van der Waals surface area contributed by atoms with Gasteiger partial charge in [0, 0.05) is 26.3 Å². The van der Waals surface area contributed by atoms with E-state index in [0.717, 1.165) is 18.9 Å². The van der Waals surface area contributed by atoms with Crippen molar-refractivity contribution >= 4 is 11.9 Å². The molecule has 0 fully saturated rings.